The lowest BCUT2D eigenvalue weighted by Crippen LogP contribution is -2.50. The third kappa shape index (κ3) is 3.61. The summed E-state index contributed by atoms with van der Waals surface area (Å²) in [6.07, 6.45) is 2.68. The molecule has 0 N–H and O–H groups in total. The maximum absolute atomic E-state index is 12.8. The molecule has 0 radical (unpaired) electrons. The second-order valence-electron chi connectivity index (χ2n) is 7.51. The van der Waals surface area contributed by atoms with Crippen LogP contribution in [0.2, 0.25) is 0 Å². The van der Waals surface area contributed by atoms with Gasteiger partial charge in [-0.25, -0.2) is 0 Å². The van der Waals surface area contributed by atoms with Crippen LogP contribution < -0.4 is 4.74 Å². The molecular weight excluding hydrogens is 352 g/mol. The number of rotatable bonds is 4. The van der Waals surface area contributed by atoms with Gasteiger partial charge in [0.05, 0.1) is 12.7 Å². The summed E-state index contributed by atoms with van der Waals surface area (Å²) < 4.78 is 5.31. The van der Waals surface area contributed by atoms with Gasteiger partial charge in [0, 0.05) is 32.6 Å². The summed E-state index contributed by atoms with van der Waals surface area (Å²) in [6.45, 7) is 2.30. The van der Waals surface area contributed by atoms with E-state index in [1.165, 1.54) is 11.1 Å². The summed E-state index contributed by atoms with van der Waals surface area (Å²) >= 11 is 0. The Hall–Kier alpha value is -2.82. The molecule has 1 aliphatic carbocycles. The zero-order chi connectivity index (χ0) is 19.5. The third-order valence-corrected chi connectivity index (χ3v) is 5.94. The number of ether oxygens (including phenoxy) is 1. The number of piperazine rings is 1. The minimum atomic E-state index is -0.0331. The molecule has 4 rings (SSSR count). The van der Waals surface area contributed by atoms with E-state index < -0.39 is 0 Å². The summed E-state index contributed by atoms with van der Waals surface area (Å²) in [5, 5.41) is 0. The number of benzene rings is 2. The fraction of sp³-hybridized carbons (Fsp3) is 0.391. The van der Waals surface area contributed by atoms with Crippen LogP contribution in [0.25, 0.3) is 0 Å². The highest BCUT2D eigenvalue weighted by atomic mass is 16.5. The van der Waals surface area contributed by atoms with E-state index in [-0.39, 0.29) is 11.8 Å². The fourth-order valence-corrected chi connectivity index (χ4v) is 4.35. The summed E-state index contributed by atoms with van der Waals surface area (Å²) in [4.78, 5) is 29.3. The van der Waals surface area contributed by atoms with Gasteiger partial charge in [-0.3, -0.25) is 9.59 Å². The van der Waals surface area contributed by atoms with Crippen molar-refractivity contribution in [1.29, 1.82) is 0 Å². The molecule has 146 valence electrons. The molecule has 0 spiro atoms. The standard InChI is InChI=1S/C23H26N2O3/c1-28-21-9-5-4-8-20(21)23(27)25-14-12-24(13-15-25)22(26)16-18-11-10-17-6-2-3-7-19(17)18/h2-9,18H,10-16H2,1H3. The first kappa shape index (κ1) is 18.5. The van der Waals surface area contributed by atoms with E-state index in [9.17, 15) is 9.59 Å². The number of amides is 2. The Morgan fingerprint density at radius 2 is 1.64 bits per heavy atom. The van der Waals surface area contributed by atoms with E-state index in [1.807, 2.05) is 21.9 Å². The first-order chi connectivity index (χ1) is 13.7. The second-order valence-corrected chi connectivity index (χ2v) is 7.51. The van der Waals surface area contributed by atoms with Gasteiger partial charge in [-0.1, -0.05) is 36.4 Å². The molecule has 1 heterocycles. The van der Waals surface area contributed by atoms with Crippen molar-refractivity contribution in [3.63, 3.8) is 0 Å². The summed E-state index contributed by atoms with van der Waals surface area (Å²) in [5.41, 5.74) is 3.29. The lowest BCUT2D eigenvalue weighted by Gasteiger charge is -2.35. The molecule has 0 saturated carbocycles. The molecule has 2 amide bonds. The molecule has 1 aliphatic heterocycles. The average Bonchev–Trinajstić information content (AvgIpc) is 3.16. The maximum Gasteiger partial charge on any atom is 0.257 e. The number of para-hydroxylation sites is 1. The van der Waals surface area contributed by atoms with Crippen LogP contribution in [0.4, 0.5) is 0 Å². The molecule has 28 heavy (non-hydrogen) atoms. The van der Waals surface area contributed by atoms with Gasteiger partial charge in [-0.05, 0) is 42.0 Å². The monoisotopic (exact) mass is 378 g/mol. The van der Waals surface area contributed by atoms with Crippen molar-refractivity contribution in [3.05, 3.63) is 65.2 Å². The molecule has 0 aromatic heterocycles. The smallest absolute Gasteiger partial charge is 0.257 e. The van der Waals surface area contributed by atoms with E-state index in [4.69, 9.17) is 4.74 Å². The minimum Gasteiger partial charge on any atom is -0.496 e. The SMILES string of the molecule is COc1ccccc1C(=O)N1CCN(C(=O)CC2CCc3ccccc32)CC1. The number of carbonyl (C=O) groups is 2. The van der Waals surface area contributed by atoms with Crippen molar-refractivity contribution < 1.29 is 14.3 Å². The van der Waals surface area contributed by atoms with Crippen LogP contribution in [0.5, 0.6) is 5.75 Å². The Balaban J connectivity index is 1.34. The van der Waals surface area contributed by atoms with E-state index in [0.29, 0.717) is 49.8 Å². The summed E-state index contributed by atoms with van der Waals surface area (Å²) in [7, 11) is 1.57. The Bertz CT molecular complexity index is 872. The van der Waals surface area contributed by atoms with Crippen molar-refractivity contribution in [2.45, 2.75) is 25.2 Å². The average molecular weight is 378 g/mol. The Labute approximate surface area is 165 Å². The van der Waals surface area contributed by atoms with Crippen molar-refractivity contribution in [2.75, 3.05) is 33.3 Å². The fourth-order valence-electron chi connectivity index (χ4n) is 4.35. The molecule has 1 saturated heterocycles. The molecule has 0 bridgehead atoms. The summed E-state index contributed by atoms with van der Waals surface area (Å²) in [5.74, 6) is 1.09. The first-order valence-corrected chi connectivity index (χ1v) is 9.95. The van der Waals surface area contributed by atoms with Crippen molar-refractivity contribution in [3.8, 4) is 5.75 Å². The second kappa shape index (κ2) is 8.05. The van der Waals surface area contributed by atoms with Crippen LogP contribution in [0.15, 0.2) is 48.5 Å². The van der Waals surface area contributed by atoms with Gasteiger partial charge < -0.3 is 14.5 Å². The molecule has 5 nitrogen and oxygen atoms in total. The quantitative estimate of drug-likeness (QED) is 0.821. The number of aryl methyl sites for hydroxylation is 1. The van der Waals surface area contributed by atoms with Crippen LogP contribution in [0.3, 0.4) is 0 Å². The molecule has 2 aliphatic rings. The van der Waals surface area contributed by atoms with Gasteiger partial charge in [0.25, 0.3) is 5.91 Å². The molecule has 5 heteroatoms. The zero-order valence-electron chi connectivity index (χ0n) is 16.3. The maximum atomic E-state index is 12.8. The lowest BCUT2D eigenvalue weighted by molar-refractivity contribution is -0.133. The van der Waals surface area contributed by atoms with Crippen LogP contribution >= 0.6 is 0 Å². The molecule has 1 atom stereocenters. The van der Waals surface area contributed by atoms with Crippen molar-refractivity contribution >= 4 is 11.8 Å². The highest BCUT2D eigenvalue weighted by Crippen LogP contribution is 2.35. The number of hydrogen-bond donors (Lipinski definition) is 0. The largest absolute Gasteiger partial charge is 0.496 e. The molecule has 2 aromatic carbocycles. The number of fused-ring (bicyclic) bond motifs is 1. The van der Waals surface area contributed by atoms with E-state index in [1.54, 1.807) is 19.2 Å². The Morgan fingerprint density at radius 1 is 0.964 bits per heavy atom. The van der Waals surface area contributed by atoms with Gasteiger partial charge in [0.15, 0.2) is 0 Å². The molecule has 2 aromatic rings. The normalized spacial score (nSPS) is 18.7. The van der Waals surface area contributed by atoms with E-state index in [0.717, 1.165) is 12.8 Å². The lowest BCUT2D eigenvalue weighted by atomic mass is 9.97. The number of nitrogens with zero attached hydrogens (tertiary/aromatic N) is 2. The molecule has 1 unspecified atom stereocenters. The van der Waals surface area contributed by atoms with Crippen LogP contribution in [0.1, 0.15) is 40.2 Å². The van der Waals surface area contributed by atoms with E-state index in [2.05, 4.69) is 24.3 Å². The Kier molecular flexibility index (Phi) is 5.33. The Morgan fingerprint density at radius 3 is 2.43 bits per heavy atom. The van der Waals surface area contributed by atoms with Gasteiger partial charge in [-0.15, -0.1) is 0 Å². The zero-order valence-corrected chi connectivity index (χ0v) is 16.3. The van der Waals surface area contributed by atoms with Crippen LogP contribution in [-0.4, -0.2) is 54.9 Å². The third-order valence-electron chi connectivity index (χ3n) is 5.94. The van der Waals surface area contributed by atoms with Gasteiger partial charge in [-0.2, -0.15) is 0 Å². The molecular formula is C23H26N2O3. The highest BCUT2D eigenvalue weighted by Gasteiger charge is 2.29. The predicted molar refractivity (Wildman–Crippen MR) is 108 cm³/mol. The molecule has 1 fully saturated rings. The van der Waals surface area contributed by atoms with Gasteiger partial charge in [0.1, 0.15) is 5.75 Å². The minimum absolute atomic E-state index is 0.0331. The number of carbonyl (C=O) groups excluding carboxylic acids is 2. The van der Waals surface area contributed by atoms with Crippen LogP contribution in [0, 0.1) is 0 Å². The van der Waals surface area contributed by atoms with Gasteiger partial charge in [0.2, 0.25) is 5.91 Å². The van der Waals surface area contributed by atoms with Crippen molar-refractivity contribution in [2.24, 2.45) is 0 Å². The van der Waals surface area contributed by atoms with Gasteiger partial charge >= 0.3 is 0 Å². The number of hydrogen-bond acceptors (Lipinski definition) is 3. The van der Waals surface area contributed by atoms with Crippen LogP contribution in [-0.2, 0) is 11.2 Å². The predicted octanol–water partition coefficient (Wildman–Crippen LogP) is 3.10. The first-order valence-electron chi connectivity index (χ1n) is 9.95. The van der Waals surface area contributed by atoms with Crippen molar-refractivity contribution in [1.82, 2.24) is 9.80 Å². The summed E-state index contributed by atoms with van der Waals surface area (Å²) in [6, 6.07) is 15.7. The topological polar surface area (TPSA) is 49.9 Å². The van der Waals surface area contributed by atoms with E-state index >= 15 is 0 Å². The highest BCUT2D eigenvalue weighted by molar-refractivity contribution is 5.97. The number of methoxy groups -OCH3 is 1.